The third kappa shape index (κ3) is 4.75. The molecular weight excluding hydrogens is 260 g/mol. The van der Waals surface area contributed by atoms with E-state index in [9.17, 15) is 4.79 Å². The quantitative estimate of drug-likeness (QED) is 0.847. The largest absolute Gasteiger partial charge is 0.338 e. The Morgan fingerprint density at radius 3 is 3.16 bits per heavy atom. The van der Waals surface area contributed by atoms with Crippen LogP contribution >= 0.6 is 11.3 Å². The molecule has 2 heterocycles. The van der Waals surface area contributed by atoms with E-state index in [1.807, 2.05) is 24.6 Å². The predicted molar refractivity (Wildman–Crippen MR) is 76.2 cm³/mol. The molecule has 6 heteroatoms. The van der Waals surface area contributed by atoms with Crippen molar-refractivity contribution < 1.29 is 4.79 Å². The average Bonchev–Trinajstić information content (AvgIpc) is 3.01. The summed E-state index contributed by atoms with van der Waals surface area (Å²) in [4.78, 5) is 11.7. The van der Waals surface area contributed by atoms with Gasteiger partial charge in [0.1, 0.15) is 0 Å². The number of thiophene rings is 1. The minimum atomic E-state index is -0.130. The zero-order chi connectivity index (χ0) is 13.5. The Hall–Kier alpha value is -1.82. The maximum Gasteiger partial charge on any atom is 0.315 e. The summed E-state index contributed by atoms with van der Waals surface area (Å²) in [5.41, 5.74) is 1.26. The zero-order valence-electron chi connectivity index (χ0n) is 10.9. The van der Waals surface area contributed by atoms with Crippen LogP contribution in [0, 0.1) is 0 Å². The molecule has 2 N–H and O–H groups in total. The molecule has 0 aromatic carbocycles. The molecule has 0 aliphatic rings. The number of urea groups is 1. The van der Waals surface area contributed by atoms with Gasteiger partial charge in [-0.25, -0.2) is 4.79 Å². The number of rotatable bonds is 6. The first-order valence-electron chi connectivity index (χ1n) is 6.27. The fraction of sp³-hybridized carbons (Fsp3) is 0.385. The highest BCUT2D eigenvalue weighted by molar-refractivity contribution is 7.07. The molecule has 2 rings (SSSR count). The number of hydrogen-bond donors (Lipinski definition) is 2. The van der Waals surface area contributed by atoms with Crippen molar-refractivity contribution in [2.45, 2.75) is 25.9 Å². The van der Waals surface area contributed by atoms with Crippen molar-refractivity contribution in [3.63, 3.8) is 0 Å². The highest BCUT2D eigenvalue weighted by Crippen LogP contribution is 2.05. The summed E-state index contributed by atoms with van der Waals surface area (Å²) in [6.45, 7) is 3.28. The van der Waals surface area contributed by atoms with Gasteiger partial charge in [0.05, 0.1) is 6.54 Å². The molecule has 0 unspecified atom stereocenters. The molecule has 2 amide bonds. The Kier molecular flexibility index (Phi) is 4.97. The van der Waals surface area contributed by atoms with Crippen molar-refractivity contribution in [3.8, 4) is 0 Å². The predicted octanol–water partition coefficient (Wildman–Crippen LogP) is 1.87. The normalized spacial score (nSPS) is 12.1. The number of carbonyl (C=O) groups is 1. The van der Waals surface area contributed by atoms with Gasteiger partial charge in [0.25, 0.3) is 0 Å². The zero-order valence-corrected chi connectivity index (χ0v) is 11.7. The van der Waals surface area contributed by atoms with Crippen LogP contribution in [0.25, 0.3) is 0 Å². The molecule has 0 saturated carbocycles. The van der Waals surface area contributed by atoms with Gasteiger partial charge in [0.15, 0.2) is 0 Å². The lowest BCUT2D eigenvalue weighted by Crippen LogP contribution is -2.43. The molecule has 2 aromatic heterocycles. The fourth-order valence-corrected chi connectivity index (χ4v) is 2.47. The highest BCUT2D eigenvalue weighted by atomic mass is 32.1. The first kappa shape index (κ1) is 13.6. The molecule has 5 nitrogen and oxygen atoms in total. The molecule has 0 fully saturated rings. The summed E-state index contributed by atoms with van der Waals surface area (Å²) in [7, 11) is 0. The van der Waals surface area contributed by atoms with Gasteiger partial charge in [-0.2, -0.15) is 16.4 Å². The Morgan fingerprint density at radius 1 is 1.58 bits per heavy atom. The van der Waals surface area contributed by atoms with Gasteiger partial charge in [-0.1, -0.05) is 0 Å². The number of carbonyl (C=O) groups excluding carboxylic acids is 1. The van der Waals surface area contributed by atoms with E-state index in [2.05, 4.69) is 27.2 Å². The number of amides is 2. The van der Waals surface area contributed by atoms with E-state index < -0.39 is 0 Å². The van der Waals surface area contributed by atoms with Crippen LogP contribution in [-0.2, 0) is 13.0 Å². The maximum absolute atomic E-state index is 11.7. The lowest BCUT2D eigenvalue weighted by atomic mass is 10.2. The number of nitrogens with one attached hydrogen (secondary N) is 2. The van der Waals surface area contributed by atoms with E-state index >= 15 is 0 Å². The van der Waals surface area contributed by atoms with Crippen molar-refractivity contribution in [1.29, 1.82) is 0 Å². The van der Waals surface area contributed by atoms with Crippen LogP contribution in [0.4, 0.5) is 4.79 Å². The molecule has 2 aromatic rings. The molecule has 19 heavy (non-hydrogen) atoms. The Balaban J connectivity index is 1.63. The van der Waals surface area contributed by atoms with Crippen LogP contribution in [-0.4, -0.2) is 28.4 Å². The van der Waals surface area contributed by atoms with Crippen molar-refractivity contribution in [1.82, 2.24) is 20.4 Å². The lowest BCUT2D eigenvalue weighted by Gasteiger charge is -2.14. The van der Waals surface area contributed by atoms with E-state index in [0.717, 1.165) is 6.42 Å². The molecule has 1 atom stereocenters. The average molecular weight is 278 g/mol. The number of hydrogen-bond acceptors (Lipinski definition) is 3. The van der Waals surface area contributed by atoms with Crippen molar-refractivity contribution in [2.75, 3.05) is 6.54 Å². The second-order valence-corrected chi connectivity index (χ2v) is 5.19. The monoisotopic (exact) mass is 278 g/mol. The molecule has 0 radical (unpaired) electrons. The SMILES string of the molecule is C[C@@H](Cn1cccn1)NC(=O)NCCc1ccsc1. The first-order chi connectivity index (χ1) is 9.24. The lowest BCUT2D eigenvalue weighted by molar-refractivity contribution is 0.236. The molecule has 0 spiro atoms. The van der Waals surface area contributed by atoms with Gasteiger partial charge in [-0.3, -0.25) is 4.68 Å². The Bertz CT molecular complexity index is 481. The molecule has 0 aliphatic heterocycles. The third-order valence-corrected chi connectivity index (χ3v) is 3.41. The van der Waals surface area contributed by atoms with Crippen LogP contribution in [0.3, 0.4) is 0 Å². The van der Waals surface area contributed by atoms with Crippen LogP contribution in [0.2, 0.25) is 0 Å². The second kappa shape index (κ2) is 6.94. The van der Waals surface area contributed by atoms with Crippen LogP contribution in [0.15, 0.2) is 35.3 Å². The minimum Gasteiger partial charge on any atom is -0.338 e. The van der Waals surface area contributed by atoms with Crippen molar-refractivity contribution in [2.24, 2.45) is 0 Å². The minimum absolute atomic E-state index is 0.0426. The van der Waals surface area contributed by atoms with Crippen LogP contribution in [0.1, 0.15) is 12.5 Å². The third-order valence-electron chi connectivity index (χ3n) is 2.68. The molecule has 0 saturated heterocycles. The second-order valence-electron chi connectivity index (χ2n) is 4.41. The molecular formula is C13H18N4OS. The van der Waals surface area contributed by atoms with Gasteiger partial charge >= 0.3 is 6.03 Å². The topological polar surface area (TPSA) is 59.0 Å². The molecule has 102 valence electrons. The van der Waals surface area contributed by atoms with Gasteiger partial charge in [0.2, 0.25) is 0 Å². The summed E-state index contributed by atoms with van der Waals surface area (Å²) in [5, 5.41) is 14.0. The van der Waals surface area contributed by atoms with E-state index in [4.69, 9.17) is 0 Å². The standard InChI is InChI=1S/C13H18N4OS/c1-11(9-17-7-2-5-15-17)16-13(18)14-6-3-12-4-8-19-10-12/h2,4-5,7-8,10-11H,3,6,9H2,1H3,(H2,14,16,18)/t11-/m0/s1. The maximum atomic E-state index is 11.7. The number of aromatic nitrogens is 2. The summed E-state index contributed by atoms with van der Waals surface area (Å²) in [5.74, 6) is 0. The van der Waals surface area contributed by atoms with Crippen molar-refractivity contribution in [3.05, 3.63) is 40.8 Å². The van der Waals surface area contributed by atoms with Gasteiger partial charge in [-0.15, -0.1) is 0 Å². The highest BCUT2D eigenvalue weighted by Gasteiger charge is 2.07. The summed E-state index contributed by atoms with van der Waals surface area (Å²) >= 11 is 1.67. The van der Waals surface area contributed by atoms with E-state index in [0.29, 0.717) is 13.1 Å². The van der Waals surface area contributed by atoms with Crippen LogP contribution in [0.5, 0.6) is 0 Å². The Labute approximate surface area is 116 Å². The molecule has 0 bridgehead atoms. The number of nitrogens with zero attached hydrogens (tertiary/aromatic N) is 2. The molecule has 0 aliphatic carbocycles. The van der Waals surface area contributed by atoms with Gasteiger partial charge < -0.3 is 10.6 Å². The van der Waals surface area contributed by atoms with E-state index in [1.165, 1.54) is 5.56 Å². The van der Waals surface area contributed by atoms with Crippen molar-refractivity contribution >= 4 is 17.4 Å². The summed E-state index contributed by atoms with van der Waals surface area (Å²) in [6.07, 6.45) is 4.48. The summed E-state index contributed by atoms with van der Waals surface area (Å²) < 4.78 is 1.80. The van der Waals surface area contributed by atoms with E-state index in [-0.39, 0.29) is 12.1 Å². The smallest absolute Gasteiger partial charge is 0.315 e. The fourth-order valence-electron chi connectivity index (χ4n) is 1.76. The summed E-state index contributed by atoms with van der Waals surface area (Å²) in [6, 6.07) is 3.86. The first-order valence-corrected chi connectivity index (χ1v) is 7.21. The Morgan fingerprint density at radius 2 is 2.47 bits per heavy atom. The van der Waals surface area contributed by atoms with Gasteiger partial charge in [0, 0.05) is 25.0 Å². The van der Waals surface area contributed by atoms with E-state index in [1.54, 1.807) is 22.2 Å². The van der Waals surface area contributed by atoms with Gasteiger partial charge in [-0.05, 0) is 41.8 Å². The van der Waals surface area contributed by atoms with Crippen LogP contribution < -0.4 is 10.6 Å².